The first kappa shape index (κ1) is 18.7. The summed E-state index contributed by atoms with van der Waals surface area (Å²) in [6.45, 7) is 2.72. The molecule has 1 aliphatic heterocycles. The van der Waals surface area contributed by atoms with Crippen LogP contribution in [0.4, 0.5) is 4.79 Å². The van der Waals surface area contributed by atoms with Crippen LogP contribution in [0.2, 0.25) is 0 Å². The molecule has 1 saturated heterocycles. The molecule has 0 aromatic heterocycles. The number of carbonyl (C=O) groups excluding carboxylic acids is 3. The smallest absolute Gasteiger partial charge is 0.325 e. The van der Waals surface area contributed by atoms with Crippen molar-refractivity contribution in [1.29, 1.82) is 0 Å². The molecule has 2 fully saturated rings. The Bertz CT molecular complexity index is 446. The van der Waals surface area contributed by atoms with Gasteiger partial charge in [-0.25, -0.2) is 4.79 Å². The number of amides is 4. The second kappa shape index (κ2) is 7.78. The van der Waals surface area contributed by atoms with E-state index < -0.39 is 11.6 Å². The maximum atomic E-state index is 12.6. The van der Waals surface area contributed by atoms with Gasteiger partial charge in [0.05, 0.1) is 0 Å². The number of urea groups is 1. The van der Waals surface area contributed by atoms with E-state index in [1.54, 1.807) is 0 Å². The molecule has 0 bridgehead atoms. The lowest BCUT2D eigenvalue weighted by Crippen LogP contribution is -2.54. The maximum absolute atomic E-state index is 12.6. The highest BCUT2D eigenvalue weighted by Gasteiger charge is 2.55. The van der Waals surface area contributed by atoms with Gasteiger partial charge in [-0.3, -0.25) is 14.5 Å². The third-order valence-corrected chi connectivity index (χ3v) is 4.51. The Labute approximate surface area is 136 Å². The molecule has 2 rings (SSSR count). The standard InChI is InChI=1S/C14H24N4O3.ClH/c1-10-5-2-3-6-14(10)12(20)18(13(21)17-14)9-11(19)16-8-4-7-15;/h10H,2-9,15H2,1H3,(H,16,19)(H,17,21);1H. The topological polar surface area (TPSA) is 105 Å². The second-order valence-electron chi connectivity index (χ2n) is 5.93. The van der Waals surface area contributed by atoms with Crippen molar-refractivity contribution in [3.05, 3.63) is 0 Å². The molecule has 2 aliphatic rings. The van der Waals surface area contributed by atoms with Crippen LogP contribution in [0.15, 0.2) is 0 Å². The predicted molar refractivity (Wildman–Crippen MR) is 84.5 cm³/mol. The van der Waals surface area contributed by atoms with Gasteiger partial charge in [0.15, 0.2) is 0 Å². The van der Waals surface area contributed by atoms with Crippen LogP contribution in [0, 0.1) is 5.92 Å². The molecule has 22 heavy (non-hydrogen) atoms. The molecule has 8 heteroatoms. The lowest BCUT2D eigenvalue weighted by atomic mass is 9.73. The van der Waals surface area contributed by atoms with Gasteiger partial charge < -0.3 is 16.4 Å². The third kappa shape index (κ3) is 3.52. The SMILES string of the molecule is CC1CCCCC12NC(=O)N(CC(=O)NCCCN)C2=O.Cl. The molecule has 0 aromatic rings. The van der Waals surface area contributed by atoms with Crippen LogP contribution in [0.1, 0.15) is 39.0 Å². The first-order chi connectivity index (χ1) is 10.0. The number of nitrogens with two attached hydrogens (primary N) is 1. The summed E-state index contributed by atoms with van der Waals surface area (Å²) in [4.78, 5) is 37.5. The molecule has 2 atom stereocenters. The molecule has 4 amide bonds. The minimum Gasteiger partial charge on any atom is -0.354 e. The largest absolute Gasteiger partial charge is 0.354 e. The van der Waals surface area contributed by atoms with Gasteiger partial charge in [-0.05, 0) is 31.7 Å². The van der Waals surface area contributed by atoms with Crippen LogP contribution in [0.5, 0.6) is 0 Å². The first-order valence-electron chi connectivity index (χ1n) is 7.62. The van der Waals surface area contributed by atoms with E-state index in [2.05, 4.69) is 10.6 Å². The summed E-state index contributed by atoms with van der Waals surface area (Å²) in [5.41, 5.74) is 4.55. The molecule has 1 heterocycles. The first-order valence-corrected chi connectivity index (χ1v) is 7.62. The molecule has 2 unspecified atom stereocenters. The highest BCUT2D eigenvalue weighted by Crippen LogP contribution is 2.37. The van der Waals surface area contributed by atoms with E-state index in [1.165, 1.54) is 0 Å². The summed E-state index contributed by atoms with van der Waals surface area (Å²) >= 11 is 0. The molecular weight excluding hydrogens is 308 g/mol. The summed E-state index contributed by atoms with van der Waals surface area (Å²) in [6.07, 6.45) is 4.25. The van der Waals surface area contributed by atoms with Gasteiger partial charge in [0.1, 0.15) is 12.1 Å². The molecule has 4 N–H and O–H groups in total. The lowest BCUT2D eigenvalue weighted by Gasteiger charge is -2.36. The zero-order valence-corrected chi connectivity index (χ0v) is 13.7. The van der Waals surface area contributed by atoms with E-state index in [0.717, 1.165) is 24.2 Å². The Balaban J connectivity index is 0.00000242. The number of hydrogen-bond donors (Lipinski definition) is 3. The normalized spacial score (nSPS) is 27.5. The van der Waals surface area contributed by atoms with Gasteiger partial charge in [-0.15, -0.1) is 12.4 Å². The molecule has 0 aromatic carbocycles. The average Bonchev–Trinajstić information content (AvgIpc) is 2.68. The highest BCUT2D eigenvalue weighted by molar-refractivity contribution is 6.09. The molecule has 1 saturated carbocycles. The number of imide groups is 1. The molecular formula is C14H25ClN4O3. The number of nitrogens with zero attached hydrogens (tertiary/aromatic N) is 1. The van der Waals surface area contributed by atoms with E-state index >= 15 is 0 Å². The third-order valence-electron chi connectivity index (χ3n) is 4.51. The number of rotatable bonds is 5. The Morgan fingerprint density at radius 3 is 2.82 bits per heavy atom. The van der Waals surface area contributed by atoms with E-state index in [-0.39, 0.29) is 36.7 Å². The van der Waals surface area contributed by atoms with Gasteiger partial charge in [-0.1, -0.05) is 19.8 Å². The van der Waals surface area contributed by atoms with E-state index in [4.69, 9.17) is 5.73 Å². The molecule has 1 spiro atoms. The Hall–Kier alpha value is -1.34. The van der Waals surface area contributed by atoms with Crippen molar-refractivity contribution in [2.45, 2.75) is 44.6 Å². The monoisotopic (exact) mass is 332 g/mol. The van der Waals surface area contributed by atoms with Crippen LogP contribution in [-0.4, -0.2) is 47.9 Å². The Morgan fingerprint density at radius 2 is 2.18 bits per heavy atom. The van der Waals surface area contributed by atoms with Crippen LogP contribution >= 0.6 is 12.4 Å². The van der Waals surface area contributed by atoms with Crippen molar-refractivity contribution in [2.24, 2.45) is 11.7 Å². The number of halogens is 1. The molecule has 1 aliphatic carbocycles. The van der Waals surface area contributed by atoms with Crippen molar-refractivity contribution >= 4 is 30.3 Å². The highest BCUT2D eigenvalue weighted by atomic mass is 35.5. The van der Waals surface area contributed by atoms with Gasteiger partial charge in [-0.2, -0.15) is 0 Å². The Kier molecular flexibility index (Phi) is 6.62. The minimum absolute atomic E-state index is 0. The summed E-state index contributed by atoms with van der Waals surface area (Å²) in [5.74, 6) is -0.478. The van der Waals surface area contributed by atoms with Crippen LogP contribution < -0.4 is 16.4 Å². The number of hydrogen-bond acceptors (Lipinski definition) is 4. The van der Waals surface area contributed by atoms with Crippen LogP contribution in [-0.2, 0) is 9.59 Å². The van der Waals surface area contributed by atoms with E-state index in [9.17, 15) is 14.4 Å². The number of carbonyl (C=O) groups is 3. The maximum Gasteiger partial charge on any atom is 0.325 e. The molecule has 0 radical (unpaired) electrons. The summed E-state index contributed by atoms with van der Waals surface area (Å²) in [7, 11) is 0. The summed E-state index contributed by atoms with van der Waals surface area (Å²) in [6, 6.07) is -0.456. The van der Waals surface area contributed by atoms with Gasteiger partial charge >= 0.3 is 6.03 Å². The second-order valence-corrected chi connectivity index (χ2v) is 5.93. The fraction of sp³-hybridized carbons (Fsp3) is 0.786. The Morgan fingerprint density at radius 1 is 1.45 bits per heavy atom. The van der Waals surface area contributed by atoms with E-state index in [1.807, 2.05) is 6.92 Å². The molecule has 7 nitrogen and oxygen atoms in total. The average molecular weight is 333 g/mol. The van der Waals surface area contributed by atoms with Crippen LogP contribution in [0.25, 0.3) is 0 Å². The van der Waals surface area contributed by atoms with Crippen molar-refractivity contribution in [3.8, 4) is 0 Å². The fourth-order valence-corrected chi connectivity index (χ4v) is 3.17. The quantitative estimate of drug-likeness (QED) is 0.500. The van der Waals surface area contributed by atoms with Crippen molar-refractivity contribution in [1.82, 2.24) is 15.5 Å². The van der Waals surface area contributed by atoms with Gasteiger partial charge in [0.25, 0.3) is 5.91 Å². The van der Waals surface area contributed by atoms with Gasteiger partial charge in [0, 0.05) is 6.54 Å². The zero-order valence-electron chi connectivity index (χ0n) is 12.9. The van der Waals surface area contributed by atoms with Crippen molar-refractivity contribution in [3.63, 3.8) is 0 Å². The van der Waals surface area contributed by atoms with Crippen LogP contribution in [0.3, 0.4) is 0 Å². The van der Waals surface area contributed by atoms with Crippen molar-refractivity contribution < 1.29 is 14.4 Å². The summed E-state index contributed by atoms with van der Waals surface area (Å²) < 4.78 is 0. The van der Waals surface area contributed by atoms with E-state index in [0.29, 0.717) is 25.9 Å². The zero-order chi connectivity index (χ0) is 15.5. The minimum atomic E-state index is -0.799. The number of nitrogens with one attached hydrogen (secondary N) is 2. The van der Waals surface area contributed by atoms with Gasteiger partial charge in [0.2, 0.25) is 5.91 Å². The predicted octanol–water partition coefficient (Wildman–Crippen LogP) is 0.374. The fourth-order valence-electron chi connectivity index (χ4n) is 3.17. The lowest BCUT2D eigenvalue weighted by molar-refractivity contribution is -0.137. The summed E-state index contributed by atoms with van der Waals surface area (Å²) in [5, 5.41) is 5.49. The van der Waals surface area contributed by atoms with Crippen molar-refractivity contribution in [2.75, 3.05) is 19.6 Å². The molecule has 126 valence electrons.